The van der Waals surface area contributed by atoms with Crippen molar-refractivity contribution in [1.29, 1.82) is 0 Å². The van der Waals surface area contributed by atoms with E-state index in [1.54, 1.807) is 4.40 Å². The predicted molar refractivity (Wildman–Crippen MR) is 112 cm³/mol. The molecule has 0 saturated carbocycles. The monoisotopic (exact) mass is 476 g/mol. The molecule has 0 radical (unpaired) electrons. The van der Waals surface area contributed by atoms with Crippen LogP contribution >= 0.6 is 0 Å². The molecule has 176 valence electrons. The lowest BCUT2D eigenvalue weighted by Crippen LogP contribution is -2.43. The second-order valence-electron chi connectivity index (χ2n) is 8.08. The third kappa shape index (κ3) is 3.68. The Labute approximate surface area is 189 Å². The van der Waals surface area contributed by atoms with Crippen LogP contribution < -0.4 is 5.73 Å². The summed E-state index contributed by atoms with van der Waals surface area (Å²) in [7, 11) is 0. The van der Waals surface area contributed by atoms with E-state index in [1.807, 2.05) is 0 Å². The van der Waals surface area contributed by atoms with Gasteiger partial charge in [0, 0.05) is 12.3 Å². The van der Waals surface area contributed by atoms with Crippen molar-refractivity contribution < 1.29 is 26.7 Å². The van der Waals surface area contributed by atoms with E-state index in [-0.39, 0.29) is 42.0 Å². The van der Waals surface area contributed by atoms with Crippen molar-refractivity contribution in [3.8, 4) is 0 Å². The highest BCUT2D eigenvalue weighted by Gasteiger charge is 2.36. The Hall–Kier alpha value is -3.83. The van der Waals surface area contributed by atoms with Gasteiger partial charge in [-0.15, -0.1) is 0 Å². The summed E-state index contributed by atoms with van der Waals surface area (Å²) in [6.45, 7) is -0.343. The minimum atomic E-state index is -4.57. The summed E-state index contributed by atoms with van der Waals surface area (Å²) < 4.78 is 69.6. The van der Waals surface area contributed by atoms with Crippen LogP contribution in [-0.2, 0) is 6.18 Å². The number of benzene rings is 1. The van der Waals surface area contributed by atoms with Crippen LogP contribution in [0.4, 0.5) is 27.8 Å². The number of hydrogen-bond donors (Lipinski definition) is 1. The molecule has 1 aliphatic heterocycles. The number of anilines is 1. The number of likely N-dealkylation sites (tertiary alicyclic amines) is 1. The fraction of sp³-hybridized carbons (Fsp3) is 0.273. The molecule has 4 aromatic rings. The molecule has 0 unspecified atom stereocenters. The fourth-order valence-electron chi connectivity index (χ4n) is 4.24. The zero-order chi connectivity index (χ0) is 24.2. The van der Waals surface area contributed by atoms with Crippen LogP contribution in [0, 0.1) is 5.82 Å². The molecule has 1 fully saturated rings. The van der Waals surface area contributed by atoms with E-state index in [0.717, 1.165) is 23.1 Å². The number of nitrogens with zero attached hydrogens (tertiary/aromatic N) is 5. The maximum Gasteiger partial charge on any atom is 0.417 e. The minimum Gasteiger partial charge on any atom is -0.382 e. The van der Waals surface area contributed by atoms with Gasteiger partial charge in [-0.2, -0.15) is 13.2 Å². The van der Waals surface area contributed by atoms with Gasteiger partial charge in [0.15, 0.2) is 0 Å². The number of nitrogen functional groups attached to an aromatic ring is 1. The van der Waals surface area contributed by atoms with Gasteiger partial charge in [0.05, 0.1) is 53.0 Å². The number of rotatable bonds is 2. The SMILES string of the molecule is Nc1nc2cc(F)c(C(=O)N3C[C@H](F)CC[C@H]3c3ccc(C(F)(F)F)cn3)cc2n2cncc12. The van der Waals surface area contributed by atoms with Crippen molar-refractivity contribution in [2.75, 3.05) is 12.3 Å². The molecule has 34 heavy (non-hydrogen) atoms. The van der Waals surface area contributed by atoms with Crippen LogP contribution in [0.15, 0.2) is 43.0 Å². The molecule has 0 bridgehead atoms. The van der Waals surface area contributed by atoms with Crippen LogP contribution in [0.5, 0.6) is 0 Å². The zero-order valence-electron chi connectivity index (χ0n) is 17.4. The number of fused-ring (bicyclic) bond motifs is 3. The first-order valence-corrected chi connectivity index (χ1v) is 10.3. The van der Waals surface area contributed by atoms with Gasteiger partial charge >= 0.3 is 6.18 Å². The average molecular weight is 476 g/mol. The molecule has 4 heterocycles. The number of hydrogen-bond acceptors (Lipinski definition) is 5. The lowest BCUT2D eigenvalue weighted by atomic mass is 9.96. The lowest BCUT2D eigenvalue weighted by Gasteiger charge is -2.37. The van der Waals surface area contributed by atoms with Gasteiger partial charge in [0.25, 0.3) is 5.91 Å². The number of imidazole rings is 1. The van der Waals surface area contributed by atoms with E-state index in [2.05, 4.69) is 15.0 Å². The maximum absolute atomic E-state index is 15.0. The average Bonchev–Trinajstić information content (AvgIpc) is 3.29. The molecule has 7 nitrogen and oxygen atoms in total. The number of pyridine rings is 1. The van der Waals surface area contributed by atoms with Crippen molar-refractivity contribution in [2.45, 2.75) is 31.2 Å². The van der Waals surface area contributed by atoms with Gasteiger partial charge in [0.2, 0.25) is 0 Å². The number of carbonyl (C=O) groups is 1. The summed E-state index contributed by atoms with van der Waals surface area (Å²) >= 11 is 0. The molecule has 1 aromatic carbocycles. The Morgan fingerprint density at radius 2 is 1.91 bits per heavy atom. The third-order valence-corrected chi connectivity index (χ3v) is 5.94. The van der Waals surface area contributed by atoms with Crippen molar-refractivity contribution in [3.05, 3.63) is 65.6 Å². The second-order valence-corrected chi connectivity index (χ2v) is 8.08. The Morgan fingerprint density at radius 1 is 1.12 bits per heavy atom. The Balaban J connectivity index is 1.56. The molecular formula is C22H17F5N6O. The summed E-state index contributed by atoms with van der Waals surface area (Å²) in [5.41, 5.74) is 5.80. The van der Waals surface area contributed by atoms with Gasteiger partial charge in [0.1, 0.15) is 23.3 Å². The molecule has 2 atom stereocenters. The minimum absolute atomic E-state index is 0.0935. The molecule has 3 aromatic heterocycles. The Kier molecular flexibility index (Phi) is 5.10. The highest BCUT2D eigenvalue weighted by Crippen LogP contribution is 2.35. The summed E-state index contributed by atoms with van der Waals surface area (Å²) in [5, 5.41) is 0. The van der Waals surface area contributed by atoms with Crippen molar-refractivity contribution in [3.63, 3.8) is 0 Å². The predicted octanol–water partition coefficient (Wildman–Crippen LogP) is 4.33. The van der Waals surface area contributed by atoms with Crippen LogP contribution in [0.25, 0.3) is 16.6 Å². The molecule has 12 heteroatoms. The van der Waals surface area contributed by atoms with Crippen LogP contribution in [0.2, 0.25) is 0 Å². The Bertz CT molecular complexity index is 1400. The summed E-state index contributed by atoms with van der Waals surface area (Å²) in [6, 6.07) is 3.54. The zero-order valence-corrected chi connectivity index (χ0v) is 17.4. The van der Waals surface area contributed by atoms with Crippen LogP contribution in [0.3, 0.4) is 0 Å². The largest absolute Gasteiger partial charge is 0.417 e. The molecule has 2 N–H and O–H groups in total. The van der Waals surface area contributed by atoms with E-state index in [1.165, 1.54) is 18.6 Å². The first-order valence-electron chi connectivity index (χ1n) is 10.3. The Morgan fingerprint density at radius 3 is 2.62 bits per heavy atom. The molecular weight excluding hydrogens is 459 g/mol. The summed E-state index contributed by atoms with van der Waals surface area (Å²) in [5.74, 6) is -1.56. The number of aromatic nitrogens is 4. The van der Waals surface area contributed by atoms with Gasteiger partial charge in [-0.05, 0) is 31.0 Å². The fourth-order valence-corrected chi connectivity index (χ4v) is 4.24. The van der Waals surface area contributed by atoms with Crippen LogP contribution in [-0.4, -0.2) is 42.9 Å². The number of piperidine rings is 1. The van der Waals surface area contributed by atoms with Crippen LogP contribution in [0.1, 0.15) is 40.5 Å². The van der Waals surface area contributed by atoms with Gasteiger partial charge in [-0.3, -0.25) is 14.2 Å². The van der Waals surface area contributed by atoms with Gasteiger partial charge in [-0.25, -0.2) is 18.7 Å². The molecule has 1 amide bonds. The highest BCUT2D eigenvalue weighted by atomic mass is 19.4. The standard InChI is InChI=1S/C22H17F5N6O/c23-12-2-4-17(15-3-1-11(7-30-15)22(25,26)27)32(9-12)21(34)13-5-18-16(6-14(13)24)31-20(28)19-8-29-10-33(18)19/h1,3,5-8,10,12,17H,2,4,9H2,(H2,28,31)/t12-,17+/m1/s1. The molecule has 0 spiro atoms. The van der Waals surface area contributed by atoms with E-state index in [9.17, 15) is 22.4 Å². The molecule has 5 rings (SSSR count). The molecule has 0 aliphatic carbocycles. The number of halogens is 5. The first-order chi connectivity index (χ1) is 16.1. The normalized spacial score (nSPS) is 19.1. The highest BCUT2D eigenvalue weighted by molar-refractivity contribution is 5.98. The van der Waals surface area contributed by atoms with Crippen molar-refractivity contribution in [1.82, 2.24) is 24.3 Å². The van der Waals surface area contributed by atoms with E-state index >= 15 is 4.39 Å². The van der Waals surface area contributed by atoms with E-state index in [4.69, 9.17) is 5.73 Å². The van der Waals surface area contributed by atoms with Crippen molar-refractivity contribution in [2.24, 2.45) is 0 Å². The third-order valence-electron chi connectivity index (χ3n) is 5.94. The van der Waals surface area contributed by atoms with Gasteiger partial charge < -0.3 is 10.6 Å². The summed E-state index contributed by atoms with van der Waals surface area (Å²) in [6.07, 6.45) is -2.13. The number of alkyl halides is 4. The second kappa shape index (κ2) is 7.89. The van der Waals surface area contributed by atoms with E-state index in [0.29, 0.717) is 17.2 Å². The topological polar surface area (TPSA) is 89.4 Å². The smallest absolute Gasteiger partial charge is 0.382 e. The maximum atomic E-state index is 15.0. The quantitative estimate of drug-likeness (QED) is 0.435. The van der Waals surface area contributed by atoms with Crippen molar-refractivity contribution >= 4 is 28.3 Å². The molecule has 1 saturated heterocycles. The number of carbonyl (C=O) groups excluding carboxylic acids is 1. The first kappa shape index (κ1) is 22.0. The van der Waals surface area contributed by atoms with E-state index < -0.39 is 35.7 Å². The number of amides is 1. The summed E-state index contributed by atoms with van der Waals surface area (Å²) in [4.78, 5) is 26.5. The van der Waals surface area contributed by atoms with Gasteiger partial charge in [-0.1, -0.05) is 0 Å². The lowest BCUT2D eigenvalue weighted by molar-refractivity contribution is -0.137. The molecule has 1 aliphatic rings. The number of nitrogens with two attached hydrogens (primary N) is 1.